The fourth-order valence-corrected chi connectivity index (χ4v) is 3.90. The Labute approximate surface area is 220 Å². The van der Waals surface area contributed by atoms with Gasteiger partial charge in [-0.25, -0.2) is 0 Å². The van der Waals surface area contributed by atoms with E-state index in [1.165, 1.54) is 7.11 Å². The Balaban J connectivity index is 1.60. The van der Waals surface area contributed by atoms with Crippen LogP contribution in [0.4, 0.5) is 11.4 Å². The predicted molar refractivity (Wildman–Crippen MR) is 148 cm³/mol. The average Bonchev–Trinajstić information content (AvgIpc) is 2.94. The van der Waals surface area contributed by atoms with E-state index in [0.717, 1.165) is 33.3 Å². The molecule has 0 bridgehead atoms. The number of ether oxygens (including phenoxy) is 2. The first-order valence-electron chi connectivity index (χ1n) is 12.0. The van der Waals surface area contributed by atoms with Gasteiger partial charge in [0.25, 0.3) is 0 Å². The quantitative estimate of drug-likeness (QED) is 0.144. The van der Waals surface area contributed by atoms with Crippen molar-refractivity contribution >= 4 is 40.5 Å². The Kier molecular flexibility index (Phi) is 8.69. The number of benzene rings is 4. The minimum atomic E-state index is -0.911. The number of methoxy groups -OCH3 is 2. The Morgan fingerprint density at radius 3 is 1.92 bits per heavy atom. The fourth-order valence-electron chi connectivity index (χ4n) is 3.90. The van der Waals surface area contributed by atoms with Crippen LogP contribution < -0.4 is 14.4 Å². The van der Waals surface area contributed by atoms with Crippen LogP contribution in [0, 0.1) is 0 Å². The molecule has 194 valence electrons. The maximum Gasteiger partial charge on any atom is 0.307 e. The lowest BCUT2D eigenvalue weighted by atomic mass is 10.1. The smallest absolute Gasteiger partial charge is 0.307 e. The van der Waals surface area contributed by atoms with Gasteiger partial charge in [-0.3, -0.25) is 14.8 Å². The zero-order valence-corrected chi connectivity index (χ0v) is 21.4. The SMILES string of the molecule is CCOOc1ccc(/C=N\c2cccc3c(/N=C\c4ccc(CC(=O)O)c(OC)c4)cccc23)cc1OC. The van der Waals surface area contributed by atoms with Crippen LogP contribution in [0.1, 0.15) is 23.6 Å². The Bertz CT molecular complexity index is 1500. The van der Waals surface area contributed by atoms with Crippen molar-refractivity contribution in [3.05, 3.63) is 89.5 Å². The summed E-state index contributed by atoms with van der Waals surface area (Å²) >= 11 is 0. The highest BCUT2D eigenvalue weighted by atomic mass is 17.2. The van der Waals surface area contributed by atoms with Gasteiger partial charge in [0.05, 0.1) is 38.6 Å². The number of hydrogen-bond acceptors (Lipinski definition) is 7. The van der Waals surface area contributed by atoms with Crippen molar-refractivity contribution in [2.24, 2.45) is 9.98 Å². The number of nitrogens with zero attached hydrogens (tertiary/aromatic N) is 2. The number of hydrogen-bond donors (Lipinski definition) is 1. The molecule has 4 rings (SSSR count). The van der Waals surface area contributed by atoms with Crippen molar-refractivity contribution in [1.29, 1.82) is 0 Å². The van der Waals surface area contributed by atoms with Crippen LogP contribution in [-0.4, -0.2) is 44.3 Å². The Hall–Kier alpha value is -4.69. The highest BCUT2D eigenvalue weighted by molar-refractivity contribution is 6.02. The summed E-state index contributed by atoms with van der Waals surface area (Å²) in [6.07, 6.45) is 3.39. The van der Waals surface area contributed by atoms with Crippen molar-refractivity contribution in [1.82, 2.24) is 0 Å². The zero-order chi connectivity index (χ0) is 26.9. The van der Waals surface area contributed by atoms with Crippen molar-refractivity contribution in [2.75, 3.05) is 20.8 Å². The number of rotatable bonds is 11. The molecular weight excluding hydrogens is 484 g/mol. The summed E-state index contributed by atoms with van der Waals surface area (Å²) in [6.45, 7) is 2.26. The summed E-state index contributed by atoms with van der Waals surface area (Å²) in [5.74, 6) is 0.642. The molecule has 0 heterocycles. The van der Waals surface area contributed by atoms with E-state index in [1.54, 1.807) is 37.7 Å². The van der Waals surface area contributed by atoms with Crippen molar-refractivity contribution in [2.45, 2.75) is 13.3 Å². The normalized spacial score (nSPS) is 11.3. The summed E-state index contributed by atoms with van der Waals surface area (Å²) in [4.78, 5) is 30.8. The largest absolute Gasteiger partial charge is 0.496 e. The lowest BCUT2D eigenvalue weighted by Crippen LogP contribution is -2.02. The van der Waals surface area contributed by atoms with Gasteiger partial charge in [-0.05, 0) is 54.4 Å². The van der Waals surface area contributed by atoms with E-state index >= 15 is 0 Å². The molecule has 0 spiro atoms. The van der Waals surface area contributed by atoms with Crippen LogP contribution in [0.15, 0.2) is 82.8 Å². The highest BCUT2D eigenvalue weighted by Gasteiger charge is 2.09. The minimum Gasteiger partial charge on any atom is -0.496 e. The second kappa shape index (κ2) is 12.5. The fraction of sp³-hybridized carbons (Fsp3) is 0.167. The van der Waals surface area contributed by atoms with Crippen LogP contribution >= 0.6 is 0 Å². The number of fused-ring (bicyclic) bond motifs is 1. The zero-order valence-electron chi connectivity index (χ0n) is 21.4. The Morgan fingerprint density at radius 2 is 1.37 bits per heavy atom. The van der Waals surface area contributed by atoms with Gasteiger partial charge in [-0.1, -0.05) is 36.4 Å². The molecular formula is C30H28N2O6. The van der Waals surface area contributed by atoms with E-state index in [9.17, 15) is 4.79 Å². The molecule has 8 heteroatoms. The molecule has 0 aliphatic carbocycles. The molecule has 38 heavy (non-hydrogen) atoms. The molecule has 0 aliphatic rings. The Morgan fingerprint density at radius 1 is 0.789 bits per heavy atom. The van der Waals surface area contributed by atoms with E-state index in [-0.39, 0.29) is 6.42 Å². The summed E-state index contributed by atoms with van der Waals surface area (Å²) in [5.41, 5.74) is 3.84. The molecule has 0 aromatic heterocycles. The molecule has 8 nitrogen and oxygen atoms in total. The topological polar surface area (TPSA) is 98.9 Å². The second-order valence-corrected chi connectivity index (χ2v) is 8.21. The molecule has 0 fully saturated rings. The summed E-state index contributed by atoms with van der Waals surface area (Å²) in [6, 6.07) is 22.6. The van der Waals surface area contributed by atoms with Crippen LogP contribution in [0.2, 0.25) is 0 Å². The number of aliphatic carboxylic acids is 1. The predicted octanol–water partition coefficient (Wildman–Crippen LogP) is 6.32. The van der Waals surface area contributed by atoms with Gasteiger partial charge >= 0.3 is 5.97 Å². The molecule has 1 N–H and O–H groups in total. The van der Waals surface area contributed by atoms with Crippen molar-refractivity contribution < 1.29 is 29.1 Å². The molecule has 0 amide bonds. The van der Waals surface area contributed by atoms with Gasteiger partial charge in [0.1, 0.15) is 5.75 Å². The molecule has 0 unspecified atom stereocenters. The number of carbonyl (C=O) groups is 1. The lowest BCUT2D eigenvalue weighted by Gasteiger charge is -2.09. The van der Waals surface area contributed by atoms with E-state index in [2.05, 4.69) is 0 Å². The third-order valence-corrected chi connectivity index (χ3v) is 5.69. The van der Waals surface area contributed by atoms with E-state index in [0.29, 0.717) is 29.4 Å². The standard InChI is InChI=1S/C30H28N2O6/c1-4-37-38-27-14-12-21(16-29(27)36-3)19-32-26-10-6-7-23-24(26)8-5-9-25(23)31-18-20-11-13-22(17-30(33)34)28(15-20)35-2/h5-16,18-19H,4,17H2,1-3H3,(H,33,34)/b31-18-,32-19-. The monoisotopic (exact) mass is 512 g/mol. The minimum absolute atomic E-state index is 0.106. The molecule has 4 aromatic rings. The number of carboxylic acid groups (broad SMARTS) is 1. The van der Waals surface area contributed by atoms with E-state index in [1.807, 2.05) is 61.5 Å². The first-order valence-corrected chi connectivity index (χ1v) is 12.0. The van der Waals surface area contributed by atoms with Gasteiger partial charge < -0.3 is 19.5 Å². The molecule has 0 saturated carbocycles. The number of aliphatic imine (C=N–C) groups is 2. The van der Waals surface area contributed by atoms with Crippen molar-refractivity contribution in [3.63, 3.8) is 0 Å². The summed E-state index contributed by atoms with van der Waals surface area (Å²) in [7, 11) is 3.09. The maximum atomic E-state index is 11.1. The van der Waals surface area contributed by atoms with Crippen molar-refractivity contribution in [3.8, 4) is 17.2 Å². The summed E-state index contributed by atoms with van der Waals surface area (Å²) in [5, 5.41) is 11.0. The first-order chi connectivity index (χ1) is 18.5. The molecule has 4 aromatic carbocycles. The van der Waals surface area contributed by atoms with Crippen LogP contribution in [0.25, 0.3) is 10.8 Å². The van der Waals surface area contributed by atoms with Crippen LogP contribution in [-0.2, 0) is 16.1 Å². The molecule has 0 atom stereocenters. The second-order valence-electron chi connectivity index (χ2n) is 8.21. The maximum absolute atomic E-state index is 11.1. The van der Waals surface area contributed by atoms with Crippen LogP contribution in [0.5, 0.6) is 17.2 Å². The van der Waals surface area contributed by atoms with E-state index in [4.69, 9.17) is 34.3 Å². The highest BCUT2D eigenvalue weighted by Crippen LogP contribution is 2.33. The molecule has 0 radical (unpaired) electrons. The van der Waals surface area contributed by atoms with Gasteiger partial charge in [-0.15, -0.1) is 0 Å². The molecule has 0 aliphatic heterocycles. The lowest BCUT2D eigenvalue weighted by molar-refractivity contribution is -0.203. The number of carboxylic acids is 1. The third-order valence-electron chi connectivity index (χ3n) is 5.69. The van der Waals surface area contributed by atoms with Gasteiger partial charge in [0.2, 0.25) is 5.75 Å². The third kappa shape index (κ3) is 6.35. The first kappa shape index (κ1) is 26.4. The van der Waals surface area contributed by atoms with Gasteiger partial charge in [0.15, 0.2) is 5.75 Å². The summed E-state index contributed by atoms with van der Waals surface area (Å²) < 4.78 is 10.8. The van der Waals surface area contributed by atoms with Crippen LogP contribution in [0.3, 0.4) is 0 Å². The van der Waals surface area contributed by atoms with E-state index < -0.39 is 5.97 Å². The average molecular weight is 513 g/mol. The molecule has 0 saturated heterocycles. The van der Waals surface area contributed by atoms with Gasteiger partial charge in [0, 0.05) is 28.8 Å². The van der Waals surface area contributed by atoms with Gasteiger partial charge in [-0.2, -0.15) is 4.89 Å².